The number of nitrogens with one attached hydrogen (secondary N) is 3. The van der Waals surface area contributed by atoms with Gasteiger partial charge in [0.15, 0.2) is 5.11 Å². The molecule has 10 heteroatoms. The molecule has 26 heavy (non-hydrogen) atoms. The number of methoxy groups -OCH3 is 1. The number of nitrogens with zero attached hydrogens (tertiary/aromatic N) is 2. The van der Waals surface area contributed by atoms with Crippen LogP contribution in [0, 0.1) is 10.1 Å². The number of rotatable bonds is 6. The quantitative estimate of drug-likeness (QED) is 0.385. The van der Waals surface area contributed by atoms with Crippen LogP contribution < -0.4 is 21.1 Å². The van der Waals surface area contributed by atoms with Crippen LogP contribution in [0.1, 0.15) is 30.1 Å². The fourth-order valence-corrected chi connectivity index (χ4v) is 3.04. The van der Waals surface area contributed by atoms with Crippen molar-refractivity contribution in [2.75, 3.05) is 31.7 Å². The first kappa shape index (κ1) is 19.9. The van der Waals surface area contributed by atoms with Gasteiger partial charge in [-0.2, -0.15) is 0 Å². The molecule has 1 aliphatic rings. The first-order valence-electron chi connectivity index (χ1n) is 8.31. The summed E-state index contributed by atoms with van der Waals surface area (Å²) >= 11 is 5.11. The zero-order chi connectivity index (χ0) is 19.1. The minimum Gasteiger partial charge on any atom is -0.383 e. The number of hydrogen-bond donors (Lipinski definition) is 3. The highest BCUT2D eigenvalue weighted by Crippen LogP contribution is 2.28. The number of carbonyl (C=O) groups is 1. The molecule has 1 atom stereocenters. The van der Waals surface area contributed by atoms with Crippen molar-refractivity contribution in [3.8, 4) is 0 Å². The van der Waals surface area contributed by atoms with Crippen LogP contribution in [0.15, 0.2) is 18.2 Å². The first-order chi connectivity index (χ1) is 12.4. The highest BCUT2D eigenvalue weighted by molar-refractivity contribution is 7.80. The number of anilines is 1. The number of hydrogen-bond acceptors (Lipinski definition) is 6. The molecule has 2 rings (SSSR count). The van der Waals surface area contributed by atoms with E-state index in [9.17, 15) is 14.9 Å². The third-order valence-corrected chi connectivity index (χ3v) is 4.19. The van der Waals surface area contributed by atoms with Gasteiger partial charge >= 0.3 is 0 Å². The Morgan fingerprint density at radius 1 is 1.38 bits per heavy atom. The van der Waals surface area contributed by atoms with Crippen LogP contribution in [0.25, 0.3) is 0 Å². The molecule has 0 radical (unpaired) electrons. The molecule has 0 aromatic heterocycles. The lowest BCUT2D eigenvalue weighted by molar-refractivity contribution is -0.384. The number of non-ortho nitro benzene ring substituents is 1. The summed E-state index contributed by atoms with van der Waals surface area (Å²) in [6.07, 6.45) is 2.06. The molecule has 0 aliphatic carbocycles. The van der Waals surface area contributed by atoms with E-state index in [0.29, 0.717) is 12.3 Å². The Morgan fingerprint density at radius 2 is 2.08 bits per heavy atom. The Balaban J connectivity index is 2.09. The van der Waals surface area contributed by atoms with Crippen LogP contribution in [-0.4, -0.2) is 48.8 Å². The van der Waals surface area contributed by atoms with E-state index in [1.165, 1.54) is 12.1 Å². The second kappa shape index (κ2) is 9.30. The predicted molar refractivity (Wildman–Crippen MR) is 102 cm³/mol. The number of nitro benzene ring substituents is 1. The van der Waals surface area contributed by atoms with Gasteiger partial charge in [-0.05, 0) is 38.0 Å². The number of thiocarbonyl (C=S) groups is 1. The molecule has 1 aromatic rings. The smallest absolute Gasteiger partial charge is 0.272 e. The van der Waals surface area contributed by atoms with E-state index in [1.807, 2.05) is 6.92 Å². The van der Waals surface area contributed by atoms with Crippen LogP contribution in [0.4, 0.5) is 11.4 Å². The zero-order valence-electron chi connectivity index (χ0n) is 14.8. The molecule has 0 saturated carbocycles. The standard InChI is InChI=1S/C16H23N5O4S/c1-11(10-25-2)17-16(26)19-18-15(22)13-9-12(21(23)24)5-6-14(13)20-7-3-4-8-20/h5-6,9,11H,3-4,7-8,10H2,1-2H3,(H,18,22)(H2,17,19,26)/t11-/m1/s1. The van der Waals surface area contributed by atoms with E-state index in [4.69, 9.17) is 17.0 Å². The number of hydrazine groups is 1. The SMILES string of the molecule is COC[C@@H](C)NC(=S)NNC(=O)c1cc([N+](=O)[O-])ccc1N1CCCC1. The molecule has 3 N–H and O–H groups in total. The Labute approximate surface area is 157 Å². The van der Waals surface area contributed by atoms with Crippen molar-refractivity contribution >= 4 is 34.6 Å². The maximum absolute atomic E-state index is 12.6. The predicted octanol–water partition coefficient (Wildman–Crippen LogP) is 1.34. The maximum atomic E-state index is 12.6. The van der Waals surface area contributed by atoms with Gasteiger partial charge in [-0.1, -0.05) is 0 Å². The summed E-state index contributed by atoms with van der Waals surface area (Å²) in [6.45, 7) is 3.98. The van der Waals surface area contributed by atoms with Crippen LogP contribution >= 0.6 is 12.2 Å². The van der Waals surface area contributed by atoms with E-state index in [1.54, 1.807) is 13.2 Å². The van der Waals surface area contributed by atoms with Crippen molar-refractivity contribution in [1.82, 2.24) is 16.2 Å². The number of carbonyl (C=O) groups excluding carboxylic acids is 1. The van der Waals surface area contributed by atoms with Crippen molar-refractivity contribution < 1.29 is 14.5 Å². The molecule has 1 amide bonds. The minimum atomic E-state index is -0.517. The van der Waals surface area contributed by atoms with E-state index in [2.05, 4.69) is 21.1 Å². The van der Waals surface area contributed by atoms with Gasteiger partial charge in [0.05, 0.1) is 22.8 Å². The summed E-state index contributed by atoms with van der Waals surface area (Å²) in [5.74, 6) is -0.487. The molecule has 0 spiro atoms. The van der Waals surface area contributed by atoms with Crippen LogP contribution in [0.3, 0.4) is 0 Å². The Morgan fingerprint density at radius 3 is 2.69 bits per heavy atom. The van der Waals surface area contributed by atoms with Gasteiger partial charge in [-0.25, -0.2) is 0 Å². The summed E-state index contributed by atoms with van der Waals surface area (Å²) in [7, 11) is 1.58. The van der Waals surface area contributed by atoms with Crippen molar-refractivity contribution in [2.24, 2.45) is 0 Å². The largest absolute Gasteiger partial charge is 0.383 e. The third-order valence-electron chi connectivity index (χ3n) is 3.97. The number of benzene rings is 1. The average molecular weight is 381 g/mol. The molecule has 1 saturated heterocycles. The summed E-state index contributed by atoms with van der Waals surface area (Å²) < 4.78 is 5.00. The van der Waals surface area contributed by atoms with Crippen molar-refractivity contribution in [3.05, 3.63) is 33.9 Å². The van der Waals surface area contributed by atoms with Crippen molar-refractivity contribution in [1.29, 1.82) is 0 Å². The average Bonchev–Trinajstić information content (AvgIpc) is 3.13. The van der Waals surface area contributed by atoms with Gasteiger partial charge in [0.2, 0.25) is 0 Å². The molecular weight excluding hydrogens is 358 g/mol. The van der Waals surface area contributed by atoms with E-state index in [0.717, 1.165) is 25.9 Å². The first-order valence-corrected chi connectivity index (χ1v) is 8.72. The Hall–Kier alpha value is -2.46. The molecule has 9 nitrogen and oxygen atoms in total. The van der Waals surface area contributed by atoms with E-state index < -0.39 is 10.8 Å². The number of nitro groups is 1. The fourth-order valence-electron chi connectivity index (χ4n) is 2.79. The molecule has 1 heterocycles. The molecule has 1 aromatic carbocycles. The molecule has 1 aliphatic heterocycles. The van der Waals surface area contributed by atoms with E-state index in [-0.39, 0.29) is 22.4 Å². The van der Waals surface area contributed by atoms with Gasteiger partial charge < -0.3 is 15.0 Å². The molecule has 1 fully saturated rings. The second-order valence-electron chi connectivity index (χ2n) is 6.06. The minimum absolute atomic E-state index is 0.0325. The van der Waals surface area contributed by atoms with Gasteiger partial charge in [-0.3, -0.25) is 25.8 Å². The number of ether oxygens (including phenoxy) is 1. The maximum Gasteiger partial charge on any atom is 0.272 e. The highest BCUT2D eigenvalue weighted by Gasteiger charge is 2.22. The topological polar surface area (TPSA) is 109 Å². The van der Waals surface area contributed by atoms with Crippen molar-refractivity contribution in [2.45, 2.75) is 25.8 Å². The lowest BCUT2D eigenvalue weighted by Crippen LogP contribution is -2.50. The molecular formula is C16H23N5O4S. The van der Waals surface area contributed by atoms with Crippen molar-refractivity contribution in [3.63, 3.8) is 0 Å². The summed E-state index contributed by atoms with van der Waals surface area (Å²) in [6, 6.07) is 4.29. The summed E-state index contributed by atoms with van der Waals surface area (Å²) in [5, 5.41) is 14.2. The number of amides is 1. The van der Waals surface area contributed by atoms with Gasteiger partial charge in [0.25, 0.3) is 11.6 Å². The van der Waals surface area contributed by atoms with Gasteiger partial charge in [-0.15, -0.1) is 0 Å². The fraction of sp³-hybridized carbons (Fsp3) is 0.500. The van der Waals surface area contributed by atoms with Crippen LogP contribution in [-0.2, 0) is 4.74 Å². The molecule has 0 unspecified atom stereocenters. The molecule has 0 bridgehead atoms. The summed E-state index contributed by atoms with van der Waals surface area (Å²) in [4.78, 5) is 25.2. The second-order valence-corrected chi connectivity index (χ2v) is 6.47. The third kappa shape index (κ3) is 5.27. The highest BCUT2D eigenvalue weighted by atomic mass is 32.1. The molecule has 142 valence electrons. The monoisotopic (exact) mass is 381 g/mol. The Kier molecular flexibility index (Phi) is 7.10. The normalized spacial score (nSPS) is 14.6. The lowest BCUT2D eigenvalue weighted by atomic mass is 10.1. The van der Waals surface area contributed by atoms with Crippen LogP contribution in [0.5, 0.6) is 0 Å². The van der Waals surface area contributed by atoms with Gasteiger partial charge in [0, 0.05) is 38.4 Å². The zero-order valence-corrected chi connectivity index (χ0v) is 15.6. The van der Waals surface area contributed by atoms with E-state index >= 15 is 0 Å². The summed E-state index contributed by atoms with van der Waals surface area (Å²) in [5.41, 5.74) is 5.89. The van der Waals surface area contributed by atoms with Crippen LogP contribution in [0.2, 0.25) is 0 Å². The van der Waals surface area contributed by atoms with Gasteiger partial charge in [0.1, 0.15) is 0 Å². The Bertz CT molecular complexity index is 679. The lowest BCUT2D eigenvalue weighted by Gasteiger charge is -2.21.